The lowest BCUT2D eigenvalue weighted by Crippen LogP contribution is -1.97. The Hall–Kier alpha value is -1.45. The SMILES string of the molecule is CNc1nc(Oc2ccc(C(C)C)cc2)c(Cl)cc1Cl. The number of ether oxygens (including phenoxy) is 1. The fourth-order valence-electron chi connectivity index (χ4n) is 1.73. The van der Waals surface area contributed by atoms with Crippen molar-refractivity contribution in [3.8, 4) is 11.6 Å². The van der Waals surface area contributed by atoms with Crippen LogP contribution in [0.1, 0.15) is 25.3 Å². The summed E-state index contributed by atoms with van der Waals surface area (Å²) in [7, 11) is 1.74. The van der Waals surface area contributed by atoms with E-state index in [0.29, 0.717) is 33.4 Å². The van der Waals surface area contributed by atoms with E-state index in [0.717, 1.165) is 0 Å². The molecule has 5 heteroatoms. The van der Waals surface area contributed by atoms with Crippen molar-refractivity contribution in [1.82, 2.24) is 4.98 Å². The number of nitrogens with zero attached hydrogens (tertiary/aromatic N) is 1. The number of nitrogens with one attached hydrogen (secondary N) is 1. The minimum atomic E-state index is 0.331. The number of aromatic nitrogens is 1. The highest BCUT2D eigenvalue weighted by molar-refractivity contribution is 6.36. The molecule has 0 atom stereocenters. The minimum Gasteiger partial charge on any atom is -0.437 e. The summed E-state index contributed by atoms with van der Waals surface area (Å²) in [4.78, 5) is 4.25. The Morgan fingerprint density at radius 3 is 2.30 bits per heavy atom. The highest BCUT2D eigenvalue weighted by atomic mass is 35.5. The first-order chi connectivity index (χ1) is 9.51. The molecule has 0 aliphatic rings. The van der Waals surface area contributed by atoms with E-state index in [2.05, 4.69) is 24.1 Å². The van der Waals surface area contributed by atoms with E-state index in [4.69, 9.17) is 27.9 Å². The molecule has 0 unspecified atom stereocenters. The molecule has 0 aliphatic carbocycles. The molecule has 0 saturated carbocycles. The van der Waals surface area contributed by atoms with Gasteiger partial charge in [-0.3, -0.25) is 0 Å². The molecule has 0 bridgehead atoms. The molecule has 0 amide bonds. The van der Waals surface area contributed by atoms with Gasteiger partial charge in [0.15, 0.2) is 0 Å². The second-order valence-electron chi connectivity index (χ2n) is 4.68. The highest BCUT2D eigenvalue weighted by Crippen LogP contribution is 2.33. The number of rotatable bonds is 4. The summed E-state index contributed by atoms with van der Waals surface area (Å²) < 4.78 is 5.70. The largest absolute Gasteiger partial charge is 0.437 e. The van der Waals surface area contributed by atoms with E-state index in [1.165, 1.54) is 5.56 Å². The fourth-order valence-corrected chi connectivity index (χ4v) is 2.22. The van der Waals surface area contributed by atoms with Crippen LogP contribution >= 0.6 is 23.2 Å². The van der Waals surface area contributed by atoms with Gasteiger partial charge in [0.05, 0.1) is 5.02 Å². The van der Waals surface area contributed by atoms with Crippen LogP contribution in [0, 0.1) is 0 Å². The van der Waals surface area contributed by atoms with Gasteiger partial charge in [-0.05, 0) is 29.7 Å². The summed E-state index contributed by atoms with van der Waals surface area (Å²) in [6.07, 6.45) is 0. The summed E-state index contributed by atoms with van der Waals surface area (Å²) in [5.41, 5.74) is 1.25. The molecular formula is C15H16Cl2N2O. The standard InChI is InChI=1S/C15H16Cl2N2O/c1-9(2)10-4-6-11(7-5-10)20-15-13(17)8-12(16)14(18-3)19-15/h4-9H,1-3H3,(H,18,19). The van der Waals surface area contributed by atoms with Crippen molar-refractivity contribution in [2.24, 2.45) is 0 Å². The summed E-state index contributed by atoms with van der Waals surface area (Å²) in [5, 5.41) is 3.73. The van der Waals surface area contributed by atoms with Gasteiger partial charge in [0.25, 0.3) is 0 Å². The lowest BCUT2D eigenvalue weighted by molar-refractivity contribution is 0.463. The first kappa shape index (κ1) is 14.9. The Bertz CT molecular complexity index is 598. The molecule has 0 fully saturated rings. The normalized spacial score (nSPS) is 10.7. The smallest absolute Gasteiger partial charge is 0.240 e. The van der Waals surface area contributed by atoms with Gasteiger partial charge in [-0.2, -0.15) is 4.98 Å². The predicted molar refractivity (Wildman–Crippen MR) is 84.4 cm³/mol. The second kappa shape index (κ2) is 6.33. The maximum atomic E-state index is 6.09. The maximum absolute atomic E-state index is 6.09. The topological polar surface area (TPSA) is 34.2 Å². The summed E-state index contributed by atoms with van der Waals surface area (Å²) >= 11 is 12.1. The first-order valence-electron chi connectivity index (χ1n) is 6.33. The minimum absolute atomic E-state index is 0.331. The molecule has 2 aromatic rings. The second-order valence-corrected chi connectivity index (χ2v) is 5.50. The molecule has 106 valence electrons. The van der Waals surface area contributed by atoms with Gasteiger partial charge in [0, 0.05) is 7.05 Å². The van der Waals surface area contributed by atoms with Gasteiger partial charge in [-0.25, -0.2) is 0 Å². The number of pyridine rings is 1. The van der Waals surface area contributed by atoms with Crippen molar-refractivity contribution in [1.29, 1.82) is 0 Å². The van der Waals surface area contributed by atoms with E-state index in [9.17, 15) is 0 Å². The van der Waals surface area contributed by atoms with Gasteiger partial charge in [0.1, 0.15) is 16.6 Å². The van der Waals surface area contributed by atoms with Crippen LogP contribution in [-0.4, -0.2) is 12.0 Å². The summed E-state index contributed by atoms with van der Waals surface area (Å²) in [6, 6.07) is 9.48. The summed E-state index contributed by atoms with van der Waals surface area (Å²) in [6.45, 7) is 4.29. The lowest BCUT2D eigenvalue weighted by Gasteiger charge is -2.11. The van der Waals surface area contributed by atoms with Gasteiger partial charge >= 0.3 is 0 Å². The number of benzene rings is 1. The van der Waals surface area contributed by atoms with Crippen molar-refractivity contribution in [2.45, 2.75) is 19.8 Å². The van der Waals surface area contributed by atoms with Crippen LogP contribution in [0.25, 0.3) is 0 Å². The van der Waals surface area contributed by atoms with Crippen molar-refractivity contribution in [3.05, 3.63) is 45.9 Å². The molecule has 0 radical (unpaired) electrons. The molecule has 0 saturated heterocycles. The Kier molecular flexibility index (Phi) is 4.73. The Balaban J connectivity index is 2.25. The van der Waals surface area contributed by atoms with E-state index in [1.54, 1.807) is 13.1 Å². The third-order valence-electron chi connectivity index (χ3n) is 2.90. The van der Waals surface area contributed by atoms with Crippen LogP contribution in [0.15, 0.2) is 30.3 Å². The number of anilines is 1. The van der Waals surface area contributed by atoms with Crippen LogP contribution in [0.5, 0.6) is 11.6 Å². The lowest BCUT2D eigenvalue weighted by atomic mass is 10.0. The van der Waals surface area contributed by atoms with Gasteiger partial charge < -0.3 is 10.1 Å². The molecule has 3 nitrogen and oxygen atoms in total. The van der Waals surface area contributed by atoms with E-state index >= 15 is 0 Å². The van der Waals surface area contributed by atoms with Crippen molar-refractivity contribution < 1.29 is 4.74 Å². The highest BCUT2D eigenvalue weighted by Gasteiger charge is 2.10. The van der Waals surface area contributed by atoms with Gasteiger partial charge in [0.2, 0.25) is 5.88 Å². The Labute approximate surface area is 128 Å². The first-order valence-corrected chi connectivity index (χ1v) is 7.08. The van der Waals surface area contributed by atoms with Crippen LogP contribution in [-0.2, 0) is 0 Å². The zero-order valence-electron chi connectivity index (χ0n) is 11.6. The third-order valence-corrected chi connectivity index (χ3v) is 3.45. The molecule has 1 heterocycles. The van der Waals surface area contributed by atoms with E-state index < -0.39 is 0 Å². The number of hydrogen-bond acceptors (Lipinski definition) is 3. The maximum Gasteiger partial charge on any atom is 0.240 e. The fraction of sp³-hybridized carbons (Fsp3) is 0.267. The molecular weight excluding hydrogens is 295 g/mol. The van der Waals surface area contributed by atoms with E-state index in [1.807, 2.05) is 24.3 Å². The van der Waals surface area contributed by atoms with Crippen molar-refractivity contribution >= 4 is 29.0 Å². The molecule has 2 rings (SSSR count). The Morgan fingerprint density at radius 2 is 1.75 bits per heavy atom. The predicted octanol–water partition coefficient (Wildman–Crippen LogP) is 5.35. The van der Waals surface area contributed by atoms with Crippen LogP contribution in [0.2, 0.25) is 10.0 Å². The molecule has 1 N–H and O–H groups in total. The molecule has 0 aliphatic heterocycles. The van der Waals surface area contributed by atoms with Crippen LogP contribution in [0.4, 0.5) is 5.82 Å². The van der Waals surface area contributed by atoms with Gasteiger partial charge in [-0.1, -0.05) is 49.2 Å². The van der Waals surface area contributed by atoms with E-state index in [-0.39, 0.29) is 0 Å². The quantitative estimate of drug-likeness (QED) is 0.827. The average Bonchev–Trinajstić information content (AvgIpc) is 2.42. The molecule has 1 aromatic heterocycles. The Morgan fingerprint density at radius 1 is 1.10 bits per heavy atom. The van der Waals surface area contributed by atoms with Gasteiger partial charge in [-0.15, -0.1) is 0 Å². The molecule has 0 spiro atoms. The number of hydrogen-bond donors (Lipinski definition) is 1. The average molecular weight is 311 g/mol. The number of halogens is 2. The third kappa shape index (κ3) is 3.35. The molecule has 1 aromatic carbocycles. The van der Waals surface area contributed by atoms with Crippen LogP contribution < -0.4 is 10.1 Å². The zero-order valence-corrected chi connectivity index (χ0v) is 13.1. The van der Waals surface area contributed by atoms with Crippen LogP contribution in [0.3, 0.4) is 0 Å². The zero-order chi connectivity index (χ0) is 14.7. The van der Waals surface area contributed by atoms with Crippen molar-refractivity contribution in [3.63, 3.8) is 0 Å². The molecule has 20 heavy (non-hydrogen) atoms. The monoisotopic (exact) mass is 310 g/mol. The summed E-state index contributed by atoms with van der Waals surface area (Å²) in [5.74, 6) is 2.04. The van der Waals surface area contributed by atoms with Crippen molar-refractivity contribution in [2.75, 3.05) is 12.4 Å².